The average Bonchev–Trinajstić information content (AvgIpc) is 3.14. The molecule has 31 heavy (non-hydrogen) atoms. The van der Waals surface area contributed by atoms with Gasteiger partial charge in [-0.2, -0.15) is 0 Å². The number of carboxylic acids is 1. The van der Waals surface area contributed by atoms with E-state index in [1.807, 2.05) is 25.1 Å². The van der Waals surface area contributed by atoms with Crippen LogP contribution in [0.5, 0.6) is 0 Å². The molecular formula is C27H29NO3. The molecule has 0 unspecified atom stereocenters. The van der Waals surface area contributed by atoms with Gasteiger partial charge in [0, 0.05) is 18.5 Å². The van der Waals surface area contributed by atoms with Gasteiger partial charge in [0.25, 0.3) is 0 Å². The zero-order chi connectivity index (χ0) is 22.0. The van der Waals surface area contributed by atoms with Gasteiger partial charge in [0.1, 0.15) is 6.04 Å². The average molecular weight is 416 g/mol. The Morgan fingerprint density at radius 3 is 2.55 bits per heavy atom. The predicted molar refractivity (Wildman–Crippen MR) is 124 cm³/mol. The van der Waals surface area contributed by atoms with Gasteiger partial charge >= 0.3 is 5.97 Å². The SMILES string of the molecule is C=CC[C@@H](O)[C@@H]1C[C@@H](c2cccc3ccccc23)N(Cc2ccc(C)cc2)[C@H]1C(=O)O. The molecule has 4 nitrogen and oxygen atoms in total. The third-order valence-corrected chi connectivity index (χ3v) is 6.48. The second kappa shape index (κ2) is 9.04. The highest BCUT2D eigenvalue weighted by atomic mass is 16.4. The fourth-order valence-electron chi connectivity index (χ4n) is 4.96. The summed E-state index contributed by atoms with van der Waals surface area (Å²) in [5, 5.41) is 23.3. The fourth-order valence-corrected chi connectivity index (χ4v) is 4.96. The van der Waals surface area contributed by atoms with Crippen LogP contribution in [0.3, 0.4) is 0 Å². The van der Waals surface area contributed by atoms with E-state index in [9.17, 15) is 15.0 Å². The van der Waals surface area contributed by atoms with Crippen molar-refractivity contribution >= 4 is 16.7 Å². The monoisotopic (exact) mass is 415 g/mol. The fraction of sp³-hybridized carbons (Fsp3) is 0.296. The first kappa shape index (κ1) is 21.3. The molecule has 0 bridgehead atoms. The summed E-state index contributed by atoms with van der Waals surface area (Å²) in [6.07, 6.45) is 1.90. The van der Waals surface area contributed by atoms with Gasteiger partial charge in [0.05, 0.1) is 6.10 Å². The molecule has 1 aliphatic rings. The highest BCUT2D eigenvalue weighted by Crippen LogP contribution is 2.45. The minimum absolute atomic E-state index is 0.0991. The van der Waals surface area contributed by atoms with Crippen LogP contribution in [-0.2, 0) is 11.3 Å². The van der Waals surface area contributed by atoms with Gasteiger partial charge in [0.2, 0.25) is 0 Å². The van der Waals surface area contributed by atoms with Gasteiger partial charge in [0.15, 0.2) is 0 Å². The Labute approximate surface area is 183 Å². The minimum Gasteiger partial charge on any atom is -0.480 e. The van der Waals surface area contributed by atoms with E-state index >= 15 is 0 Å². The lowest BCUT2D eigenvalue weighted by molar-refractivity contribution is -0.145. The molecule has 0 aliphatic carbocycles. The number of hydrogen-bond acceptors (Lipinski definition) is 3. The van der Waals surface area contributed by atoms with Gasteiger partial charge in [-0.15, -0.1) is 6.58 Å². The smallest absolute Gasteiger partial charge is 0.321 e. The van der Waals surface area contributed by atoms with Crippen molar-refractivity contribution in [1.29, 1.82) is 0 Å². The number of likely N-dealkylation sites (tertiary alicyclic amines) is 1. The van der Waals surface area contributed by atoms with Crippen molar-refractivity contribution in [1.82, 2.24) is 4.90 Å². The molecule has 1 heterocycles. The normalized spacial score (nSPS) is 22.5. The maximum Gasteiger partial charge on any atom is 0.321 e. The van der Waals surface area contributed by atoms with Gasteiger partial charge in [-0.05, 0) is 41.7 Å². The number of fused-ring (bicyclic) bond motifs is 1. The number of carboxylic acid groups (broad SMARTS) is 1. The molecule has 1 fully saturated rings. The Balaban J connectivity index is 1.80. The molecule has 3 aromatic carbocycles. The van der Waals surface area contributed by atoms with E-state index in [0.717, 1.165) is 21.9 Å². The highest BCUT2D eigenvalue weighted by molar-refractivity contribution is 5.86. The number of aliphatic hydroxyl groups excluding tert-OH is 1. The van der Waals surface area contributed by atoms with Crippen molar-refractivity contribution in [2.24, 2.45) is 5.92 Å². The molecule has 0 spiro atoms. The third-order valence-electron chi connectivity index (χ3n) is 6.48. The lowest BCUT2D eigenvalue weighted by atomic mass is 9.89. The number of nitrogens with zero attached hydrogens (tertiary/aromatic N) is 1. The summed E-state index contributed by atoms with van der Waals surface area (Å²) in [6, 6.07) is 21.8. The van der Waals surface area contributed by atoms with Gasteiger partial charge in [-0.25, -0.2) is 0 Å². The van der Waals surface area contributed by atoms with E-state index in [4.69, 9.17) is 0 Å². The van der Waals surface area contributed by atoms with Crippen LogP contribution >= 0.6 is 0 Å². The van der Waals surface area contributed by atoms with Gasteiger partial charge in [-0.1, -0.05) is 78.4 Å². The Hall–Kier alpha value is -2.95. The maximum atomic E-state index is 12.4. The first-order valence-corrected chi connectivity index (χ1v) is 10.8. The zero-order valence-corrected chi connectivity index (χ0v) is 17.8. The van der Waals surface area contributed by atoms with E-state index in [-0.39, 0.29) is 12.0 Å². The largest absolute Gasteiger partial charge is 0.480 e. The number of benzene rings is 3. The van der Waals surface area contributed by atoms with E-state index in [2.05, 4.69) is 60.0 Å². The number of hydrogen-bond donors (Lipinski definition) is 2. The number of carbonyl (C=O) groups is 1. The van der Waals surface area contributed by atoms with Crippen LogP contribution in [0.4, 0.5) is 0 Å². The summed E-state index contributed by atoms with van der Waals surface area (Å²) in [5.74, 6) is -1.26. The molecular weight excluding hydrogens is 386 g/mol. The van der Waals surface area contributed by atoms with Crippen LogP contribution in [0.25, 0.3) is 10.8 Å². The van der Waals surface area contributed by atoms with Crippen LogP contribution in [0.15, 0.2) is 79.4 Å². The van der Waals surface area contributed by atoms with E-state index < -0.39 is 18.1 Å². The molecule has 1 aliphatic heterocycles. The molecule has 0 aromatic heterocycles. The van der Waals surface area contributed by atoms with Crippen LogP contribution in [0.2, 0.25) is 0 Å². The molecule has 0 saturated carbocycles. The first-order chi connectivity index (χ1) is 15.0. The predicted octanol–water partition coefficient (Wildman–Crippen LogP) is 5.10. The van der Waals surface area contributed by atoms with Crippen molar-refractivity contribution in [3.05, 3.63) is 96.1 Å². The van der Waals surface area contributed by atoms with E-state index in [1.165, 1.54) is 5.56 Å². The molecule has 2 N–H and O–H groups in total. The Kier molecular flexibility index (Phi) is 6.21. The zero-order valence-electron chi connectivity index (χ0n) is 17.8. The van der Waals surface area contributed by atoms with Crippen LogP contribution in [-0.4, -0.2) is 33.2 Å². The quantitative estimate of drug-likeness (QED) is 0.527. The highest BCUT2D eigenvalue weighted by Gasteiger charge is 2.48. The summed E-state index contributed by atoms with van der Waals surface area (Å²) < 4.78 is 0. The van der Waals surface area contributed by atoms with Gasteiger partial charge < -0.3 is 10.2 Å². The standard InChI is InChI=1S/C27H29NO3/c1-3-7-25(29)23-16-24(22-11-6-9-20-8-4-5-10-21(20)22)28(26(23)27(30)31)17-19-14-12-18(2)13-15-19/h3-6,8-15,23-26,29H,1,7,16-17H2,2H3,(H,30,31)/t23-,24-,25+,26+/m0/s1. The maximum absolute atomic E-state index is 12.4. The number of aliphatic hydroxyl groups is 1. The first-order valence-electron chi connectivity index (χ1n) is 10.8. The lowest BCUT2D eigenvalue weighted by Crippen LogP contribution is -2.43. The van der Waals surface area contributed by atoms with Crippen molar-refractivity contribution < 1.29 is 15.0 Å². The van der Waals surface area contributed by atoms with Crippen molar-refractivity contribution in [2.45, 2.75) is 44.5 Å². The number of rotatable bonds is 7. The molecule has 4 atom stereocenters. The minimum atomic E-state index is -0.886. The summed E-state index contributed by atoms with van der Waals surface area (Å²) >= 11 is 0. The Morgan fingerprint density at radius 1 is 1.13 bits per heavy atom. The van der Waals surface area contributed by atoms with Gasteiger partial charge in [-0.3, -0.25) is 9.69 Å². The number of aliphatic carboxylic acids is 1. The molecule has 1 saturated heterocycles. The van der Waals surface area contributed by atoms with E-state index in [1.54, 1.807) is 6.08 Å². The summed E-state index contributed by atoms with van der Waals surface area (Å²) in [4.78, 5) is 14.5. The van der Waals surface area contributed by atoms with E-state index in [0.29, 0.717) is 19.4 Å². The summed E-state index contributed by atoms with van der Waals surface area (Å²) in [6.45, 7) is 6.29. The Bertz CT molecular complexity index is 1070. The van der Waals surface area contributed by atoms with Crippen LogP contribution in [0.1, 0.15) is 35.6 Å². The molecule has 0 amide bonds. The Morgan fingerprint density at radius 2 is 1.84 bits per heavy atom. The van der Waals surface area contributed by atoms with Crippen LogP contribution < -0.4 is 0 Å². The van der Waals surface area contributed by atoms with Crippen molar-refractivity contribution in [3.8, 4) is 0 Å². The number of aryl methyl sites for hydroxylation is 1. The summed E-state index contributed by atoms with van der Waals surface area (Å²) in [7, 11) is 0. The van der Waals surface area contributed by atoms with Crippen LogP contribution in [0, 0.1) is 12.8 Å². The molecule has 3 aromatic rings. The third kappa shape index (κ3) is 4.27. The topological polar surface area (TPSA) is 60.8 Å². The van der Waals surface area contributed by atoms with Crippen molar-refractivity contribution in [2.75, 3.05) is 0 Å². The molecule has 4 heteroatoms. The molecule has 0 radical (unpaired) electrons. The molecule has 4 rings (SSSR count). The second-order valence-corrected chi connectivity index (χ2v) is 8.52. The summed E-state index contributed by atoms with van der Waals surface area (Å²) in [5.41, 5.74) is 3.36. The lowest BCUT2D eigenvalue weighted by Gasteiger charge is -2.30. The molecule has 160 valence electrons. The second-order valence-electron chi connectivity index (χ2n) is 8.52. The van der Waals surface area contributed by atoms with Crippen molar-refractivity contribution in [3.63, 3.8) is 0 Å².